The molecule has 0 radical (unpaired) electrons. The van der Waals surface area contributed by atoms with Crippen LogP contribution in [0.15, 0.2) is 16.7 Å². The van der Waals surface area contributed by atoms with Crippen LogP contribution in [0.4, 0.5) is 0 Å². The SMILES string of the molecule is CN(C(=O)c1cc(Br)cn1C1CC1)C1CC1. The third-order valence-electron chi connectivity index (χ3n) is 3.39. The molecule has 1 heterocycles. The highest BCUT2D eigenvalue weighted by atomic mass is 79.9. The minimum absolute atomic E-state index is 0.167. The lowest BCUT2D eigenvalue weighted by Gasteiger charge is -2.17. The first-order valence-corrected chi connectivity index (χ1v) is 6.60. The van der Waals surface area contributed by atoms with E-state index in [4.69, 9.17) is 0 Å². The smallest absolute Gasteiger partial charge is 0.270 e. The van der Waals surface area contributed by atoms with Gasteiger partial charge in [-0.15, -0.1) is 0 Å². The normalized spacial score (nSPS) is 19.9. The summed E-state index contributed by atoms with van der Waals surface area (Å²) in [6.45, 7) is 0. The van der Waals surface area contributed by atoms with E-state index in [1.807, 2.05) is 24.2 Å². The molecule has 1 amide bonds. The average Bonchev–Trinajstić information content (AvgIpc) is 3.13. The van der Waals surface area contributed by atoms with E-state index < -0.39 is 0 Å². The predicted octanol–water partition coefficient (Wildman–Crippen LogP) is 2.82. The fourth-order valence-corrected chi connectivity index (χ4v) is 2.52. The summed E-state index contributed by atoms with van der Waals surface area (Å²) in [4.78, 5) is 14.2. The molecule has 0 atom stereocenters. The van der Waals surface area contributed by atoms with Crippen LogP contribution in [0.2, 0.25) is 0 Å². The van der Waals surface area contributed by atoms with E-state index in [2.05, 4.69) is 20.5 Å². The summed E-state index contributed by atoms with van der Waals surface area (Å²) in [5, 5.41) is 0. The van der Waals surface area contributed by atoms with Crippen LogP contribution >= 0.6 is 15.9 Å². The van der Waals surface area contributed by atoms with Crippen molar-refractivity contribution in [2.75, 3.05) is 7.05 Å². The zero-order valence-corrected chi connectivity index (χ0v) is 10.9. The second-order valence-corrected chi connectivity index (χ2v) is 5.74. The summed E-state index contributed by atoms with van der Waals surface area (Å²) in [7, 11) is 1.91. The molecule has 2 aliphatic carbocycles. The Balaban J connectivity index is 1.88. The summed E-state index contributed by atoms with van der Waals surface area (Å²) < 4.78 is 3.14. The summed E-state index contributed by atoms with van der Waals surface area (Å²) in [6, 6.07) is 2.98. The maximum atomic E-state index is 12.3. The Morgan fingerprint density at radius 3 is 2.69 bits per heavy atom. The molecule has 2 fully saturated rings. The minimum Gasteiger partial charge on any atom is -0.339 e. The van der Waals surface area contributed by atoms with Crippen LogP contribution < -0.4 is 0 Å². The molecule has 0 aliphatic heterocycles. The summed E-state index contributed by atoms with van der Waals surface area (Å²) in [5.41, 5.74) is 0.837. The Bertz CT molecular complexity index is 432. The molecule has 3 nitrogen and oxygen atoms in total. The van der Waals surface area contributed by atoms with Crippen LogP contribution in [0.5, 0.6) is 0 Å². The first-order valence-electron chi connectivity index (χ1n) is 5.81. The Labute approximate surface area is 104 Å². The molecule has 1 aromatic rings. The number of rotatable bonds is 3. The topological polar surface area (TPSA) is 25.2 Å². The minimum atomic E-state index is 0.167. The van der Waals surface area contributed by atoms with Gasteiger partial charge in [-0.05, 0) is 47.7 Å². The van der Waals surface area contributed by atoms with E-state index >= 15 is 0 Å². The van der Waals surface area contributed by atoms with Gasteiger partial charge in [0.25, 0.3) is 5.91 Å². The average molecular weight is 283 g/mol. The number of carbonyl (C=O) groups is 1. The van der Waals surface area contributed by atoms with Gasteiger partial charge in [-0.3, -0.25) is 4.79 Å². The van der Waals surface area contributed by atoms with Crippen molar-refractivity contribution in [1.29, 1.82) is 0 Å². The predicted molar refractivity (Wildman–Crippen MR) is 65.5 cm³/mol. The summed E-state index contributed by atoms with van der Waals surface area (Å²) in [5.74, 6) is 0.167. The van der Waals surface area contributed by atoms with Gasteiger partial charge in [-0.25, -0.2) is 0 Å². The molecule has 0 N–H and O–H groups in total. The number of halogens is 1. The first-order chi connectivity index (χ1) is 7.66. The largest absolute Gasteiger partial charge is 0.339 e. The molecular weight excluding hydrogens is 268 g/mol. The van der Waals surface area contributed by atoms with Crippen LogP contribution in [-0.2, 0) is 0 Å². The first kappa shape index (κ1) is 10.4. The maximum absolute atomic E-state index is 12.3. The lowest BCUT2D eigenvalue weighted by molar-refractivity contribution is 0.0774. The van der Waals surface area contributed by atoms with Crippen LogP contribution in [0.1, 0.15) is 42.2 Å². The van der Waals surface area contributed by atoms with Crippen LogP contribution in [0.25, 0.3) is 0 Å². The lowest BCUT2D eigenvalue weighted by Crippen LogP contribution is -2.30. The van der Waals surface area contributed by atoms with Crippen LogP contribution in [0, 0.1) is 0 Å². The van der Waals surface area contributed by atoms with Gasteiger partial charge < -0.3 is 9.47 Å². The Hall–Kier alpha value is -0.770. The zero-order valence-electron chi connectivity index (χ0n) is 9.32. The van der Waals surface area contributed by atoms with Crippen molar-refractivity contribution in [3.05, 3.63) is 22.4 Å². The number of hydrogen-bond acceptors (Lipinski definition) is 1. The Kier molecular flexibility index (Phi) is 2.35. The van der Waals surface area contributed by atoms with Crippen molar-refractivity contribution in [2.45, 2.75) is 37.8 Å². The standard InChI is InChI=1S/C12H15BrN2O/c1-14(9-2-3-9)12(16)11-6-8(13)7-15(11)10-4-5-10/h6-7,9-10H,2-5H2,1H3. The highest BCUT2D eigenvalue weighted by Crippen LogP contribution is 2.38. The monoisotopic (exact) mass is 282 g/mol. The van der Waals surface area contributed by atoms with E-state index in [0.29, 0.717) is 12.1 Å². The van der Waals surface area contributed by atoms with Crippen molar-refractivity contribution < 1.29 is 4.79 Å². The van der Waals surface area contributed by atoms with Crippen LogP contribution in [0.3, 0.4) is 0 Å². The lowest BCUT2D eigenvalue weighted by atomic mass is 10.3. The molecule has 0 aromatic carbocycles. The van der Waals surface area contributed by atoms with Gasteiger partial charge in [0, 0.05) is 29.8 Å². The molecule has 0 saturated heterocycles. The fourth-order valence-electron chi connectivity index (χ4n) is 2.08. The van der Waals surface area contributed by atoms with Gasteiger partial charge >= 0.3 is 0 Å². The molecule has 0 spiro atoms. The molecule has 1 aromatic heterocycles. The Morgan fingerprint density at radius 2 is 2.12 bits per heavy atom. The second-order valence-electron chi connectivity index (χ2n) is 4.83. The van der Waals surface area contributed by atoms with E-state index in [9.17, 15) is 4.79 Å². The van der Waals surface area contributed by atoms with Gasteiger partial charge in [0.1, 0.15) is 5.69 Å². The zero-order chi connectivity index (χ0) is 11.3. The molecule has 0 bridgehead atoms. The molecule has 86 valence electrons. The highest BCUT2D eigenvalue weighted by Gasteiger charge is 2.33. The molecule has 2 aliphatic rings. The number of hydrogen-bond donors (Lipinski definition) is 0. The van der Waals surface area contributed by atoms with Gasteiger partial charge in [-0.1, -0.05) is 0 Å². The van der Waals surface area contributed by atoms with Gasteiger partial charge in [0.05, 0.1) is 0 Å². The summed E-state index contributed by atoms with van der Waals surface area (Å²) in [6.07, 6.45) is 6.76. The van der Waals surface area contributed by atoms with Crippen molar-refractivity contribution in [1.82, 2.24) is 9.47 Å². The quantitative estimate of drug-likeness (QED) is 0.837. The Morgan fingerprint density at radius 1 is 1.44 bits per heavy atom. The maximum Gasteiger partial charge on any atom is 0.270 e. The second kappa shape index (κ2) is 3.62. The van der Waals surface area contributed by atoms with Gasteiger partial charge in [-0.2, -0.15) is 0 Å². The number of amides is 1. The molecule has 3 rings (SSSR count). The summed E-state index contributed by atoms with van der Waals surface area (Å²) >= 11 is 3.46. The molecule has 16 heavy (non-hydrogen) atoms. The van der Waals surface area contributed by atoms with E-state index in [0.717, 1.165) is 23.0 Å². The number of aromatic nitrogens is 1. The third-order valence-corrected chi connectivity index (χ3v) is 3.82. The highest BCUT2D eigenvalue weighted by molar-refractivity contribution is 9.10. The molecule has 2 saturated carbocycles. The third kappa shape index (κ3) is 1.79. The number of carbonyl (C=O) groups excluding carboxylic acids is 1. The van der Waals surface area contributed by atoms with E-state index in [-0.39, 0.29) is 5.91 Å². The van der Waals surface area contributed by atoms with E-state index in [1.165, 1.54) is 12.8 Å². The van der Waals surface area contributed by atoms with Crippen molar-refractivity contribution in [3.8, 4) is 0 Å². The fraction of sp³-hybridized carbons (Fsp3) is 0.583. The molecular formula is C12H15BrN2O. The van der Waals surface area contributed by atoms with E-state index in [1.54, 1.807) is 0 Å². The van der Waals surface area contributed by atoms with Crippen molar-refractivity contribution >= 4 is 21.8 Å². The number of nitrogens with zero attached hydrogens (tertiary/aromatic N) is 2. The molecule has 0 unspecified atom stereocenters. The van der Waals surface area contributed by atoms with Crippen LogP contribution in [-0.4, -0.2) is 28.5 Å². The van der Waals surface area contributed by atoms with Gasteiger partial charge in [0.2, 0.25) is 0 Å². The van der Waals surface area contributed by atoms with Crippen molar-refractivity contribution in [3.63, 3.8) is 0 Å². The molecule has 4 heteroatoms. The van der Waals surface area contributed by atoms with Gasteiger partial charge in [0.15, 0.2) is 0 Å². The van der Waals surface area contributed by atoms with Crippen molar-refractivity contribution in [2.24, 2.45) is 0 Å².